The summed E-state index contributed by atoms with van der Waals surface area (Å²) in [5, 5.41) is 0. The quantitative estimate of drug-likeness (QED) is 0.799. The predicted molar refractivity (Wildman–Crippen MR) is 69.6 cm³/mol. The van der Waals surface area contributed by atoms with Crippen molar-refractivity contribution in [1.29, 1.82) is 0 Å². The molecule has 0 amide bonds. The van der Waals surface area contributed by atoms with Crippen molar-refractivity contribution in [3.05, 3.63) is 24.3 Å². The van der Waals surface area contributed by atoms with Crippen LogP contribution in [0.1, 0.15) is 6.92 Å². The van der Waals surface area contributed by atoms with Crippen molar-refractivity contribution in [2.75, 3.05) is 25.5 Å². The molecule has 17 heavy (non-hydrogen) atoms. The van der Waals surface area contributed by atoms with Gasteiger partial charge in [-0.1, -0.05) is 0 Å². The van der Waals surface area contributed by atoms with Crippen molar-refractivity contribution in [3.63, 3.8) is 0 Å². The third-order valence-electron chi connectivity index (χ3n) is 2.42. The number of anilines is 1. The minimum atomic E-state index is -3.36. The molecule has 1 unspecified atom stereocenters. The van der Waals surface area contributed by atoms with Gasteiger partial charge in [-0.25, -0.2) is 13.1 Å². The Bertz CT molecular complexity index is 454. The van der Waals surface area contributed by atoms with E-state index in [1.165, 1.54) is 7.05 Å². The molecule has 0 fully saturated rings. The molecule has 0 aliphatic heterocycles. The third kappa shape index (κ3) is 3.69. The second-order valence-electron chi connectivity index (χ2n) is 4.06. The second kappa shape index (κ2) is 5.48. The molecule has 0 aliphatic carbocycles. The lowest BCUT2D eigenvalue weighted by Gasteiger charge is -2.21. The van der Waals surface area contributed by atoms with Gasteiger partial charge in [0.2, 0.25) is 10.0 Å². The van der Waals surface area contributed by atoms with Gasteiger partial charge in [-0.2, -0.15) is 0 Å². The predicted octanol–water partition coefficient (Wildman–Crippen LogP) is 0.378. The van der Waals surface area contributed by atoms with Crippen LogP contribution in [0.15, 0.2) is 29.2 Å². The molecule has 96 valence electrons. The third-order valence-corrected chi connectivity index (χ3v) is 3.85. The van der Waals surface area contributed by atoms with E-state index in [2.05, 4.69) is 4.72 Å². The SMILES string of the molecule is CNS(=O)(=O)c1ccc(N(C)CC(C)N)cc1. The smallest absolute Gasteiger partial charge is 0.240 e. The summed E-state index contributed by atoms with van der Waals surface area (Å²) in [4.78, 5) is 2.25. The highest BCUT2D eigenvalue weighted by Crippen LogP contribution is 2.16. The maximum Gasteiger partial charge on any atom is 0.240 e. The van der Waals surface area contributed by atoms with E-state index in [0.717, 1.165) is 12.2 Å². The van der Waals surface area contributed by atoms with Crippen LogP contribution in [0, 0.1) is 0 Å². The molecular weight excluding hydrogens is 238 g/mol. The molecule has 6 heteroatoms. The van der Waals surface area contributed by atoms with E-state index in [9.17, 15) is 8.42 Å². The molecule has 0 aromatic heterocycles. The van der Waals surface area contributed by atoms with Crippen LogP contribution in [0.2, 0.25) is 0 Å². The number of hydrogen-bond donors (Lipinski definition) is 2. The average molecular weight is 257 g/mol. The number of hydrogen-bond acceptors (Lipinski definition) is 4. The topological polar surface area (TPSA) is 75.4 Å². The van der Waals surface area contributed by atoms with Gasteiger partial charge in [-0.3, -0.25) is 0 Å². The van der Waals surface area contributed by atoms with Gasteiger partial charge >= 0.3 is 0 Å². The Morgan fingerprint density at radius 1 is 1.35 bits per heavy atom. The lowest BCUT2D eigenvalue weighted by atomic mass is 10.2. The molecule has 0 spiro atoms. The molecule has 0 saturated heterocycles. The van der Waals surface area contributed by atoms with Gasteiger partial charge in [0.15, 0.2) is 0 Å². The van der Waals surface area contributed by atoms with E-state index in [-0.39, 0.29) is 10.9 Å². The Balaban J connectivity index is 2.89. The van der Waals surface area contributed by atoms with Crippen LogP contribution in [-0.4, -0.2) is 35.1 Å². The number of sulfonamides is 1. The molecular formula is C11H19N3O2S. The van der Waals surface area contributed by atoms with Gasteiger partial charge in [0.05, 0.1) is 4.90 Å². The number of likely N-dealkylation sites (N-methyl/N-ethyl adjacent to an activating group) is 1. The maximum atomic E-state index is 11.5. The fraction of sp³-hybridized carbons (Fsp3) is 0.455. The molecule has 1 aromatic rings. The zero-order valence-corrected chi connectivity index (χ0v) is 11.2. The van der Waals surface area contributed by atoms with Crippen molar-refractivity contribution in [2.24, 2.45) is 5.73 Å². The highest BCUT2D eigenvalue weighted by atomic mass is 32.2. The lowest BCUT2D eigenvalue weighted by molar-refractivity contribution is 0.588. The molecule has 0 heterocycles. The number of nitrogens with one attached hydrogen (secondary N) is 1. The maximum absolute atomic E-state index is 11.5. The average Bonchev–Trinajstić information content (AvgIpc) is 2.28. The summed E-state index contributed by atoms with van der Waals surface area (Å²) in [6, 6.07) is 6.78. The fourth-order valence-corrected chi connectivity index (χ4v) is 2.27. The van der Waals surface area contributed by atoms with Crippen molar-refractivity contribution >= 4 is 15.7 Å². The van der Waals surface area contributed by atoms with E-state index in [0.29, 0.717) is 0 Å². The van der Waals surface area contributed by atoms with Crippen LogP contribution in [0.4, 0.5) is 5.69 Å². The van der Waals surface area contributed by atoms with Gasteiger partial charge in [0.25, 0.3) is 0 Å². The highest BCUT2D eigenvalue weighted by Gasteiger charge is 2.11. The van der Waals surface area contributed by atoms with Crippen LogP contribution < -0.4 is 15.4 Å². The van der Waals surface area contributed by atoms with Crippen LogP contribution in [-0.2, 0) is 10.0 Å². The highest BCUT2D eigenvalue weighted by molar-refractivity contribution is 7.89. The number of benzene rings is 1. The summed E-state index contributed by atoms with van der Waals surface area (Å²) in [6.45, 7) is 2.65. The first kappa shape index (κ1) is 14.0. The van der Waals surface area contributed by atoms with Crippen LogP contribution >= 0.6 is 0 Å². The largest absolute Gasteiger partial charge is 0.373 e. The van der Waals surface area contributed by atoms with Crippen molar-refractivity contribution in [2.45, 2.75) is 17.9 Å². The van der Waals surface area contributed by atoms with Gasteiger partial charge in [-0.15, -0.1) is 0 Å². The molecule has 1 aromatic carbocycles. The van der Waals surface area contributed by atoms with Crippen LogP contribution in [0.25, 0.3) is 0 Å². The normalized spacial score (nSPS) is 13.4. The zero-order chi connectivity index (χ0) is 13.1. The number of nitrogens with two attached hydrogens (primary N) is 1. The summed E-state index contributed by atoms with van der Waals surface area (Å²) < 4.78 is 25.3. The van der Waals surface area contributed by atoms with E-state index in [4.69, 9.17) is 5.73 Å². The summed E-state index contributed by atoms with van der Waals surface area (Å²) in [6.07, 6.45) is 0. The van der Waals surface area contributed by atoms with Crippen molar-refractivity contribution < 1.29 is 8.42 Å². The molecule has 1 atom stereocenters. The first-order chi connectivity index (χ1) is 7.86. The summed E-state index contributed by atoms with van der Waals surface area (Å²) >= 11 is 0. The van der Waals surface area contributed by atoms with Gasteiger partial charge in [0.1, 0.15) is 0 Å². The molecule has 0 radical (unpaired) electrons. The Hall–Kier alpha value is -1.11. The zero-order valence-electron chi connectivity index (χ0n) is 10.3. The first-order valence-electron chi connectivity index (χ1n) is 5.37. The number of rotatable bonds is 5. The summed E-state index contributed by atoms with van der Waals surface area (Å²) in [7, 11) is -0.0410. The van der Waals surface area contributed by atoms with E-state index < -0.39 is 10.0 Å². The Morgan fingerprint density at radius 3 is 2.29 bits per heavy atom. The standard InChI is InChI=1S/C11H19N3O2S/c1-9(12)8-14(3)10-4-6-11(7-5-10)17(15,16)13-2/h4-7,9,13H,8,12H2,1-3H3. The fourth-order valence-electron chi connectivity index (χ4n) is 1.54. The number of nitrogens with zero attached hydrogens (tertiary/aromatic N) is 1. The van der Waals surface area contributed by atoms with Gasteiger partial charge in [-0.05, 0) is 38.2 Å². The van der Waals surface area contributed by atoms with Crippen LogP contribution in [0.3, 0.4) is 0 Å². The Morgan fingerprint density at radius 2 is 1.88 bits per heavy atom. The lowest BCUT2D eigenvalue weighted by Crippen LogP contribution is -2.32. The molecule has 0 saturated carbocycles. The molecule has 1 rings (SSSR count). The Kier molecular flexibility index (Phi) is 4.50. The minimum absolute atomic E-state index is 0.0701. The molecule has 5 nitrogen and oxygen atoms in total. The molecule has 0 bridgehead atoms. The molecule has 0 aliphatic rings. The van der Waals surface area contributed by atoms with Crippen molar-refractivity contribution in [3.8, 4) is 0 Å². The van der Waals surface area contributed by atoms with Crippen molar-refractivity contribution in [1.82, 2.24) is 4.72 Å². The Labute approximate surface area is 103 Å². The first-order valence-corrected chi connectivity index (χ1v) is 6.85. The van der Waals surface area contributed by atoms with Crippen LogP contribution in [0.5, 0.6) is 0 Å². The summed E-state index contributed by atoms with van der Waals surface area (Å²) in [5.41, 5.74) is 6.65. The molecule has 3 N–H and O–H groups in total. The minimum Gasteiger partial charge on any atom is -0.373 e. The van der Waals surface area contributed by atoms with E-state index in [1.54, 1.807) is 24.3 Å². The van der Waals surface area contributed by atoms with Gasteiger partial charge < -0.3 is 10.6 Å². The second-order valence-corrected chi connectivity index (χ2v) is 5.95. The van der Waals surface area contributed by atoms with E-state index >= 15 is 0 Å². The van der Waals surface area contributed by atoms with Gasteiger partial charge in [0, 0.05) is 25.3 Å². The monoisotopic (exact) mass is 257 g/mol. The van der Waals surface area contributed by atoms with E-state index in [1.807, 2.05) is 18.9 Å². The summed E-state index contributed by atoms with van der Waals surface area (Å²) in [5.74, 6) is 0.